The van der Waals surface area contributed by atoms with E-state index in [1.54, 1.807) is 12.1 Å². The minimum Gasteiger partial charge on any atom is -0.361 e. The fraction of sp³-hybridized carbons (Fsp3) is 0.300. The van der Waals surface area contributed by atoms with Crippen LogP contribution >= 0.6 is 0 Å². The van der Waals surface area contributed by atoms with Crippen molar-refractivity contribution in [1.29, 1.82) is 0 Å². The zero-order valence-electron chi connectivity index (χ0n) is 7.92. The molecule has 1 aromatic heterocycles. The van der Waals surface area contributed by atoms with Crippen LogP contribution in [-0.2, 0) is 6.54 Å². The van der Waals surface area contributed by atoms with Crippen LogP contribution in [0.4, 0.5) is 0 Å². The normalized spacial score (nSPS) is 11.0. The first-order valence-corrected chi connectivity index (χ1v) is 4.24. The van der Waals surface area contributed by atoms with Crippen molar-refractivity contribution < 1.29 is 0 Å². The predicted octanol–water partition coefficient (Wildman–Crippen LogP) is 1.18. The van der Waals surface area contributed by atoms with Crippen molar-refractivity contribution in [3.8, 4) is 0 Å². The Morgan fingerprint density at radius 3 is 2.77 bits per heavy atom. The predicted molar refractivity (Wildman–Crippen MR) is 54.4 cm³/mol. The van der Waals surface area contributed by atoms with Crippen LogP contribution in [0.2, 0.25) is 0 Å². The maximum absolute atomic E-state index is 11.5. The summed E-state index contributed by atoms with van der Waals surface area (Å²) in [4.78, 5) is 14.6. The number of aromatic nitrogens is 1. The second-order valence-corrected chi connectivity index (χ2v) is 2.90. The lowest BCUT2D eigenvalue weighted by molar-refractivity contribution is 0.960. The zero-order valence-corrected chi connectivity index (χ0v) is 7.92. The molecule has 3 heteroatoms. The quantitative estimate of drug-likeness (QED) is 0.714. The van der Waals surface area contributed by atoms with Crippen molar-refractivity contribution in [2.75, 3.05) is 0 Å². The maximum atomic E-state index is 11.5. The zero-order chi connectivity index (χ0) is 9.84. The maximum Gasteiger partial charge on any atom is 0.189 e. The number of hydrogen-bond donors (Lipinski definition) is 2. The molecule has 0 saturated heterocycles. The minimum absolute atomic E-state index is 0.0230. The van der Waals surface area contributed by atoms with Crippen molar-refractivity contribution in [3.05, 3.63) is 39.3 Å². The van der Waals surface area contributed by atoms with Gasteiger partial charge in [-0.3, -0.25) is 4.79 Å². The second-order valence-electron chi connectivity index (χ2n) is 2.90. The Labute approximate surface area is 77.3 Å². The van der Waals surface area contributed by atoms with E-state index in [1.165, 1.54) is 0 Å². The third-order valence-electron chi connectivity index (χ3n) is 1.88. The molecule has 0 amide bonds. The molecule has 0 bridgehead atoms. The Hall–Kier alpha value is -1.35. The molecule has 0 saturated carbocycles. The first kappa shape index (κ1) is 9.74. The second kappa shape index (κ2) is 4.05. The average Bonchev–Trinajstić information content (AvgIpc) is 2.11. The first-order chi connectivity index (χ1) is 6.19. The van der Waals surface area contributed by atoms with Gasteiger partial charge >= 0.3 is 0 Å². The van der Waals surface area contributed by atoms with Crippen molar-refractivity contribution in [2.24, 2.45) is 5.73 Å². The molecule has 0 fully saturated rings. The molecule has 0 aliphatic carbocycles. The third-order valence-corrected chi connectivity index (χ3v) is 1.88. The van der Waals surface area contributed by atoms with Crippen LogP contribution < -0.4 is 11.2 Å². The number of H-pyrrole nitrogens is 1. The van der Waals surface area contributed by atoms with E-state index < -0.39 is 0 Å². The van der Waals surface area contributed by atoms with Gasteiger partial charge in [0.2, 0.25) is 0 Å². The fourth-order valence-corrected chi connectivity index (χ4v) is 1.25. The Kier molecular flexibility index (Phi) is 3.03. The number of aryl methyl sites for hydroxylation is 1. The van der Waals surface area contributed by atoms with Crippen LogP contribution in [0.25, 0.3) is 6.08 Å². The Balaban J connectivity index is 3.31. The van der Waals surface area contributed by atoms with Crippen LogP contribution in [0.1, 0.15) is 23.9 Å². The molecule has 1 rings (SSSR count). The number of aromatic amines is 1. The molecular formula is C10H14N2O. The molecule has 0 aliphatic rings. The van der Waals surface area contributed by atoms with Gasteiger partial charge in [-0.1, -0.05) is 12.2 Å². The van der Waals surface area contributed by atoms with Crippen LogP contribution in [0.5, 0.6) is 0 Å². The Morgan fingerprint density at radius 2 is 2.31 bits per heavy atom. The van der Waals surface area contributed by atoms with Crippen molar-refractivity contribution in [1.82, 2.24) is 4.98 Å². The first-order valence-electron chi connectivity index (χ1n) is 4.24. The van der Waals surface area contributed by atoms with E-state index in [4.69, 9.17) is 5.73 Å². The van der Waals surface area contributed by atoms with Crippen molar-refractivity contribution >= 4 is 6.08 Å². The molecular weight excluding hydrogens is 164 g/mol. The summed E-state index contributed by atoms with van der Waals surface area (Å²) in [6.07, 6.45) is 3.65. The standard InChI is InChI=1S/C10H14N2O/c1-3-4-9-7(2)12-8(6-11)5-10(9)13/h3-5H,6,11H2,1-2H3,(H,12,13)/b4-3-. The number of hydrogen-bond acceptors (Lipinski definition) is 2. The van der Waals surface area contributed by atoms with Gasteiger partial charge in [-0.2, -0.15) is 0 Å². The molecule has 1 heterocycles. The van der Waals surface area contributed by atoms with Gasteiger partial charge in [0, 0.05) is 29.6 Å². The number of nitrogens with one attached hydrogen (secondary N) is 1. The van der Waals surface area contributed by atoms with Gasteiger partial charge in [-0.25, -0.2) is 0 Å². The molecule has 0 unspecified atom stereocenters. The molecule has 70 valence electrons. The van der Waals surface area contributed by atoms with Gasteiger partial charge < -0.3 is 10.7 Å². The molecule has 1 aromatic rings. The van der Waals surface area contributed by atoms with E-state index in [0.717, 1.165) is 11.4 Å². The van der Waals surface area contributed by atoms with E-state index in [9.17, 15) is 4.79 Å². The molecule has 0 aromatic carbocycles. The molecule has 0 radical (unpaired) electrons. The lowest BCUT2D eigenvalue weighted by Crippen LogP contribution is -2.12. The van der Waals surface area contributed by atoms with Gasteiger partial charge in [0.05, 0.1) is 0 Å². The topological polar surface area (TPSA) is 58.9 Å². The Morgan fingerprint density at radius 1 is 1.62 bits per heavy atom. The number of pyridine rings is 1. The lowest BCUT2D eigenvalue weighted by Gasteiger charge is -2.03. The van der Waals surface area contributed by atoms with Gasteiger partial charge in [-0.05, 0) is 13.8 Å². The lowest BCUT2D eigenvalue weighted by atomic mass is 10.1. The Bertz CT molecular complexity index is 377. The van der Waals surface area contributed by atoms with Crippen LogP contribution in [0, 0.1) is 6.92 Å². The van der Waals surface area contributed by atoms with E-state index in [1.807, 2.05) is 19.9 Å². The van der Waals surface area contributed by atoms with Crippen LogP contribution in [-0.4, -0.2) is 4.98 Å². The van der Waals surface area contributed by atoms with E-state index in [-0.39, 0.29) is 5.43 Å². The number of allylic oxidation sites excluding steroid dienone is 1. The average molecular weight is 178 g/mol. The van der Waals surface area contributed by atoms with Crippen LogP contribution in [0.3, 0.4) is 0 Å². The largest absolute Gasteiger partial charge is 0.361 e. The highest BCUT2D eigenvalue weighted by Gasteiger charge is 2.01. The van der Waals surface area contributed by atoms with E-state index in [0.29, 0.717) is 12.1 Å². The minimum atomic E-state index is 0.0230. The molecule has 3 N–H and O–H groups in total. The van der Waals surface area contributed by atoms with Crippen LogP contribution in [0.15, 0.2) is 16.9 Å². The summed E-state index contributed by atoms with van der Waals surface area (Å²) in [6, 6.07) is 1.54. The molecule has 0 atom stereocenters. The van der Waals surface area contributed by atoms with Crippen molar-refractivity contribution in [3.63, 3.8) is 0 Å². The summed E-state index contributed by atoms with van der Waals surface area (Å²) in [5.41, 5.74) is 7.80. The van der Waals surface area contributed by atoms with Gasteiger partial charge in [0.25, 0.3) is 0 Å². The third kappa shape index (κ3) is 2.06. The highest BCUT2D eigenvalue weighted by molar-refractivity contribution is 5.51. The smallest absolute Gasteiger partial charge is 0.189 e. The molecule has 0 spiro atoms. The molecule has 0 aliphatic heterocycles. The highest BCUT2D eigenvalue weighted by atomic mass is 16.1. The van der Waals surface area contributed by atoms with Gasteiger partial charge in [0.1, 0.15) is 0 Å². The fourth-order valence-electron chi connectivity index (χ4n) is 1.25. The van der Waals surface area contributed by atoms with Gasteiger partial charge in [-0.15, -0.1) is 0 Å². The summed E-state index contributed by atoms with van der Waals surface area (Å²) in [7, 11) is 0. The SMILES string of the molecule is C/C=C\c1c(C)[nH]c(CN)cc1=O. The van der Waals surface area contributed by atoms with E-state index >= 15 is 0 Å². The highest BCUT2D eigenvalue weighted by Crippen LogP contribution is 2.02. The molecule has 3 nitrogen and oxygen atoms in total. The monoisotopic (exact) mass is 178 g/mol. The summed E-state index contributed by atoms with van der Waals surface area (Å²) in [5, 5.41) is 0. The number of rotatable bonds is 2. The van der Waals surface area contributed by atoms with Crippen molar-refractivity contribution in [2.45, 2.75) is 20.4 Å². The van der Waals surface area contributed by atoms with Gasteiger partial charge in [0.15, 0.2) is 5.43 Å². The molecule has 13 heavy (non-hydrogen) atoms. The van der Waals surface area contributed by atoms with E-state index in [2.05, 4.69) is 4.98 Å². The summed E-state index contributed by atoms with van der Waals surface area (Å²) in [6.45, 7) is 4.12. The number of nitrogens with two attached hydrogens (primary N) is 1. The summed E-state index contributed by atoms with van der Waals surface area (Å²) < 4.78 is 0. The summed E-state index contributed by atoms with van der Waals surface area (Å²) >= 11 is 0. The summed E-state index contributed by atoms with van der Waals surface area (Å²) in [5.74, 6) is 0.